The Hall–Kier alpha value is -1.36. The zero-order valence-corrected chi connectivity index (χ0v) is 14.2. The molecule has 5 heteroatoms. The Balaban J connectivity index is 1.52. The van der Waals surface area contributed by atoms with E-state index in [1.165, 1.54) is 37.0 Å². The van der Waals surface area contributed by atoms with Crippen molar-refractivity contribution in [2.45, 2.75) is 69.7 Å². The van der Waals surface area contributed by atoms with Crippen LogP contribution in [0.1, 0.15) is 78.9 Å². The van der Waals surface area contributed by atoms with E-state index in [4.69, 9.17) is 5.11 Å². The molecular weight excluding hydrogens is 310 g/mol. The van der Waals surface area contributed by atoms with Crippen molar-refractivity contribution in [2.24, 2.45) is 5.92 Å². The number of hydrogen-bond donors (Lipinski definition) is 2. The molecule has 0 unspecified atom stereocenters. The fraction of sp³-hybridized carbons (Fsp3) is 0.667. The summed E-state index contributed by atoms with van der Waals surface area (Å²) >= 11 is 1.71. The number of carboxylic acid groups (broad SMARTS) is 1. The molecule has 23 heavy (non-hydrogen) atoms. The highest BCUT2D eigenvalue weighted by Gasteiger charge is 2.27. The number of amides is 1. The molecule has 1 aromatic rings. The van der Waals surface area contributed by atoms with Gasteiger partial charge in [-0.2, -0.15) is 0 Å². The summed E-state index contributed by atoms with van der Waals surface area (Å²) in [7, 11) is 0. The summed E-state index contributed by atoms with van der Waals surface area (Å²) in [4.78, 5) is 24.7. The molecule has 0 aromatic carbocycles. The van der Waals surface area contributed by atoms with Crippen molar-refractivity contribution in [3.05, 3.63) is 21.9 Å². The summed E-state index contributed by atoms with van der Waals surface area (Å²) in [5.74, 6) is -0.296. The summed E-state index contributed by atoms with van der Waals surface area (Å²) in [6.45, 7) is 0. The van der Waals surface area contributed by atoms with Crippen molar-refractivity contribution in [1.29, 1.82) is 0 Å². The largest absolute Gasteiger partial charge is 0.481 e. The molecule has 3 rings (SSSR count). The van der Waals surface area contributed by atoms with Gasteiger partial charge in [-0.1, -0.05) is 19.3 Å². The van der Waals surface area contributed by atoms with Gasteiger partial charge in [0.15, 0.2) is 0 Å². The highest BCUT2D eigenvalue weighted by Crippen LogP contribution is 2.36. The van der Waals surface area contributed by atoms with Gasteiger partial charge in [0.2, 0.25) is 0 Å². The van der Waals surface area contributed by atoms with E-state index in [1.54, 1.807) is 11.3 Å². The lowest BCUT2D eigenvalue weighted by molar-refractivity contribution is -0.142. The molecule has 0 aliphatic heterocycles. The average Bonchev–Trinajstić information content (AvgIpc) is 3.06. The molecule has 0 saturated heterocycles. The van der Waals surface area contributed by atoms with E-state index in [1.807, 2.05) is 5.38 Å². The number of aliphatic carboxylic acids is 1. The van der Waals surface area contributed by atoms with Crippen molar-refractivity contribution in [1.82, 2.24) is 5.32 Å². The van der Waals surface area contributed by atoms with Gasteiger partial charge < -0.3 is 10.4 Å². The molecule has 1 aromatic heterocycles. The number of carboxylic acids is 1. The van der Waals surface area contributed by atoms with Gasteiger partial charge in [0.1, 0.15) is 0 Å². The second kappa shape index (κ2) is 7.47. The highest BCUT2D eigenvalue weighted by atomic mass is 32.1. The fourth-order valence-corrected chi connectivity index (χ4v) is 4.89. The van der Waals surface area contributed by atoms with E-state index < -0.39 is 5.97 Å². The summed E-state index contributed by atoms with van der Waals surface area (Å²) in [6, 6.07) is 2.19. The number of carbonyl (C=O) groups excluding carboxylic acids is 1. The van der Waals surface area contributed by atoms with Gasteiger partial charge in [-0.15, -0.1) is 11.3 Å². The molecule has 0 spiro atoms. The molecule has 0 atom stereocenters. The number of rotatable bonds is 4. The number of hydrogen-bond acceptors (Lipinski definition) is 3. The molecule has 2 aliphatic carbocycles. The molecule has 0 bridgehead atoms. The molecule has 2 fully saturated rings. The van der Waals surface area contributed by atoms with Crippen molar-refractivity contribution in [3.63, 3.8) is 0 Å². The lowest BCUT2D eigenvalue weighted by Gasteiger charge is -2.26. The molecule has 126 valence electrons. The maximum atomic E-state index is 12.4. The van der Waals surface area contributed by atoms with Crippen molar-refractivity contribution < 1.29 is 14.7 Å². The van der Waals surface area contributed by atoms with Crippen LogP contribution in [0.3, 0.4) is 0 Å². The Bertz CT molecular complexity index is 554. The fourth-order valence-electron chi connectivity index (χ4n) is 3.83. The lowest BCUT2D eigenvalue weighted by Crippen LogP contribution is -2.38. The Kier molecular flexibility index (Phi) is 5.36. The first-order valence-corrected chi connectivity index (χ1v) is 9.63. The quantitative estimate of drug-likeness (QED) is 0.868. The van der Waals surface area contributed by atoms with Crippen LogP contribution in [0.5, 0.6) is 0 Å². The minimum atomic E-state index is -0.704. The Morgan fingerprint density at radius 2 is 1.74 bits per heavy atom. The summed E-state index contributed by atoms with van der Waals surface area (Å²) < 4.78 is 0. The van der Waals surface area contributed by atoms with Crippen LogP contribution in [0.2, 0.25) is 0 Å². The normalized spacial score (nSPS) is 25.9. The predicted molar refractivity (Wildman–Crippen MR) is 91.0 cm³/mol. The Morgan fingerprint density at radius 1 is 1.04 bits per heavy atom. The zero-order chi connectivity index (χ0) is 16.2. The molecule has 2 aliphatic rings. The van der Waals surface area contributed by atoms with Gasteiger partial charge >= 0.3 is 5.97 Å². The maximum absolute atomic E-state index is 12.4. The second-order valence-electron chi connectivity index (χ2n) is 6.93. The first kappa shape index (κ1) is 16.5. The summed E-state index contributed by atoms with van der Waals surface area (Å²) in [6.07, 6.45) is 9.31. The SMILES string of the molecule is O=C(NC1CCC(C(=O)O)CC1)c1csc(C2CCCCC2)c1. The smallest absolute Gasteiger partial charge is 0.306 e. The van der Waals surface area contributed by atoms with E-state index in [2.05, 4.69) is 11.4 Å². The van der Waals surface area contributed by atoms with Crippen molar-refractivity contribution >= 4 is 23.2 Å². The Labute approximate surface area is 141 Å². The van der Waals surface area contributed by atoms with Crippen LogP contribution in [0.25, 0.3) is 0 Å². The van der Waals surface area contributed by atoms with Gasteiger partial charge in [-0.05, 0) is 50.5 Å². The topological polar surface area (TPSA) is 66.4 Å². The van der Waals surface area contributed by atoms with Gasteiger partial charge in [0.05, 0.1) is 11.5 Å². The van der Waals surface area contributed by atoms with E-state index >= 15 is 0 Å². The first-order valence-electron chi connectivity index (χ1n) is 8.75. The summed E-state index contributed by atoms with van der Waals surface area (Å²) in [5.41, 5.74) is 0.774. The van der Waals surface area contributed by atoms with Gasteiger partial charge in [-0.25, -0.2) is 0 Å². The van der Waals surface area contributed by atoms with Crippen LogP contribution in [-0.4, -0.2) is 23.0 Å². The second-order valence-corrected chi connectivity index (χ2v) is 7.88. The molecule has 0 radical (unpaired) electrons. The third kappa shape index (κ3) is 4.14. The molecule has 1 amide bonds. The van der Waals surface area contributed by atoms with Crippen molar-refractivity contribution in [2.75, 3.05) is 0 Å². The molecular formula is C18H25NO3S. The third-order valence-corrected chi connectivity index (χ3v) is 6.40. The first-order chi connectivity index (χ1) is 11.1. The van der Waals surface area contributed by atoms with E-state index in [0.29, 0.717) is 18.8 Å². The van der Waals surface area contributed by atoms with Crippen LogP contribution < -0.4 is 5.32 Å². The minimum absolute atomic E-state index is 0.00193. The third-order valence-electron chi connectivity index (χ3n) is 5.30. The molecule has 2 saturated carbocycles. The monoisotopic (exact) mass is 335 g/mol. The van der Waals surface area contributed by atoms with Gasteiger partial charge in [-0.3, -0.25) is 9.59 Å². The summed E-state index contributed by atoms with van der Waals surface area (Å²) in [5, 5.41) is 14.1. The standard InChI is InChI=1S/C18H25NO3S/c20-17(19-15-8-6-13(7-9-15)18(21)22)14-10-16(23-11-14)12-4-2-1-3-5-12/h10-13,15H,1-9H2,(H,19,20)(H,21,22). The average molecular weight is 335 g/mol. The number of nitrogens with one attached hydrogen (secondary N) is 1. The van der Waals surface area contributed by atoms with Crippen LogP contribution >= 0.6 is 11.3 Å². The molecule has 4 nitrogen and oxygen atoms in total. The van der Waals surface area contributed by atoms with Crippen LogP contribution in [-0.2, 0) is 4.79 Å². The van der Waals surface area contributed by atoms with E-state index in [-0.39, 0.29) is 17.9 Å². The van der Waals surface area contributed by atoms with Crippen molar-refractivity contribution in [3.8, 4) is 0 Å². The predicted octanol–water partition coefficient (Wildman–Crippen LogP) is 4.17. The molecule has 1 heterocycles. The highest BCUT2D eigenvalue weighted by molar-refractivity contribution is 7.10. The van der Waals surface area contributed by atoms with Gasteiger partial charge in [0.25, 0.3) is 5.91 Å². The van der Waals surface area contributed by atoms with Crippen LogP contribution in [0.15, 0.2) is 11.4 Å². The minimum Gasteiger partial charge on any atom is -0.481 e. The van der Waals surface area contributed by atoms with Gasteiger partial charge in [0, 0.05) is 16.3 Å². The van der Waals surface area contributed by atoms with E-state index in [0.717, 1.165) is 18.4 Å². The number of thiophene rings is 1. The van der Waals surface area contributed by atoms with Crippen LogP contribution in [0.4, 0.5) is 0 Å². The molecule has 2 N–H and O–H groups in total. The number of carbonyl (C=O) groups is 2. The zero-order valence-electron chi connectivity index (χ0n) is 13.4. The van der Waals surface area contributed by atoms with E-state index in [9.17, 15) is 9.59 Å². The Morgan fingerprint density at radius 3 is 2.39 bits per heavy atom. The maximum Gasteiger partial charge on any atom is 0.306 e. The lowest BCUT2D eigenvalue weighted by atomic mass is 9.86. The van der Waals surface area contributed by atoms with Crippen LogP contribution in [0, 0.1) is 5.92 Å².